The third-order valence-electron chi connectivity index (χ3n) is 5.82. The first-order valence-electron chi connectivity index (χ1n) is 9.81. The van der Waals surface area contributed by atoms with Crippen LogP contribution in [0.1, 0.15) is 34.2 Å². The van der Waals surface area contributed by atoms with Crippen LogP contribution in [0.25, 0.3) is 0 Å². The van der Waals surface area contributed by atoms with Gasteiger partial charge in [0.05, 0.1) is 34.6 Å². The lowest BCUT2D eigenvalue weighted by molar-refractivity contribution is 0.0746. The van der Waals surface area contributed by atoms with Crippen molar-refractivity contribution in [2.24, 2.45) is 0 Å². The summed E-state index contributed by atoms with van der Waals surface area (Å²) in [5, 5.41) is 4.67. The highest BCUT2D eigenvalue weighted by atomic mass is 79.9. The number of halogens is 1. The highest BCUT2D eigenvalue weighted by molar-refractivity contribution is 9.10. The van der Waals surface area contributed by atoms with E-state index in [2.05, 4.69) is 25.9 Å². The van der Waals surface area contributed by atoms with Crippen LogP contribution in [0, 0.1) is 13.8 Å². The molecular weight excluding hydrogens is 456 g/mol. The zero-order chi connectivity index (χ0) is 20.8. The van der Waals surface area contributed by atoms with Gasteiger partial charge in [-0.2, -0.15) is 5.10 Å². The van der Waals surface area contributed by atoms with Crippen molar-refractivity contribution in [3.8, 4) is 0 Å². The molecule has 0 N–H and O–H groups in total. The van der Waals surface area contributed by atoms with Crippen LogP contribution in [0.3, 0.4) is 0 Å². The van der Waals surface area contributed by atoms with Crippen molar-refractivity contribution in [1.29, 1.82) is 0 Å². The molecule has 4 rings (SSSR count). The maximum atomic E-state index is 12.7. The van der Waals surface area contributed by atoms with E-state index < -0.39 is 9.84 Å². The van der Waals surface area contributed by atoms with Gasteiger partial charge in [-0.1, -0.05) is 15.9 Å². The molecule has 1 aromatic heterocycles. The van der Waals surface area contributed by atoms with Gasteiger partial charge in [0.1, 0.15) is 0 Å². The normalized spacial score (nSPS) is 21.6. The Morgan fingerprint density at radius 1 is 1.10 bits per heavy atom. The molecule has 2 aliphatic rings. The minimum absolute atomic E-state index is 0.0532. The molecule has 0 saturated carbocycles. The average Bonchev–Trinajstić information content (AvgIpc) is 3.20. The van der Waals surface area contributed by atoms with E-state index in [1.54, 1.807) is 0 Å². The minimum Gasteiger partial charge on any atom is -0.365 e. The Hall–Kier alpha value is -1.87. The van der Waals surface area contributed by atoms with Crippen molar-refractivity contribution in [3.05, 3.63) is 45.7 Å². The summed E-state index contributed by atoms with van der Waals surface area (Å²) in [5.41, 5.74) is 3.70. The van der Waals surface area contributed by atoms with Gasteiger partial charge in [0.25, 0.3) is 5.91 Å². The number of amides is 1. The number of nitrogens with zero attached hydrogens (tertiary/aromatic N) is 4. The predicted molar refractivity (Wildman–Crippen MR) is 116 cm³/mol. The topological polar surface area (TPSA) is 75.5 Å². The van der Waals surface area contributed by atoms with Gasteiger partial charge in [-0.3, -0.25) is 9.48 Å². The van der Waals surface area contributed by atoms with Crippen LogP contribution in [0.5, 0.6) is 0 Å². The lowest BCUT2D eigenvalue weighted by Gasteiger charge is -2.36. The van der Waals surface area contributed by atoms with Gasteiger partial charge in [-0.05, 0) is 44.5 Å². The van der Waals surface area contributed by atoms with Crippen molar-refractivity contribution in [2.45, 2.75) is 26.3 Å². The zero-order valence-corrected chi connectivity index (χ0v) is 19.0. The molecular formula is C20H25BrN4O3S. The van der Waals surface area contributed by atoms with E-state index in [0.717, 1.165) is 34.6 Å². The summed E-state index contributed by atoms with van der Waals surface area (Å²) in [6.07, 6.45) is 0.624. The summed E-state index contributed by atoms with van der Waals surface area (Å²) in [6.45, 7) is 6.76. The van der Waals surface area contributed by atoms with E-state index in [-0.39, 0.29) is 23.5 Å². The van der Waals surface area contributed by atoms with Crippen molar-refractivity contribution >= 4 is 37.4 Å². The van der Waals surface area contributed by atoms with E-state index in [9.17, 15) is 13.2 Å². The third kappa shape index (κ3) is 4.07. The van der Waals surface area contributed by atoms with Gasteiger partial charge in [0.2, 0.25) is 0 Å². The van der Waals surface area contributed by atoms with Crippen molar-refractivity contribution in [2.75, 3.05) is 42.6 Å². The molecule has 0 bridgehead atoms. The fourth-order valence-electron chi connectivity index (χ4n) is 4.34. The molecule has 7 nitrogen and oxygen atoms in total. The predicted octanol–water partition coefficient (Wildman–Crippen LogP) is 2.58. The number of carbonyl (C=O) groups excluding carboxylic acids is 1. The molecule has 3 heterocycles. The molecule has 2 fully saturated rings. The Labute approximate surface area is 179 Å². The number of rotatable bonds is 3. The zero-order valence-electron chi connectivity index (χ0n) is 16.6. The third-order valence-corrected chi connectivity index (χ3v) is 8.09. The summed E-state index contributed by atoms with van der Waals surface area (Å²) < 4.78 is 26.6. The minimum atomic E-state index is -2.96. The van der Waals surface area contributed by atoms with Crippen molar-refractivity contribution in [1.82, 2.24) is 14.7 Å². The molecule has 1 aromatic carbocycles. The molecule has 9 heteroatoms. The van der Waals surface area contributed by atoms with Crippen LogP contribution in [0.2, 0.25) is 0 Å². The number of hydrogen-bond donors (Lipinski definition) is 0. The molecule has 1 unspecified atom stereocenters. The lowest BCUT2D eigenvalue weighted by atomic mass is 10.1. The van der Waals surface area contributed by atoms with Gasteiger partial charge >= 0.3 is 0 Å². The number of sulfone groups is 1. The van der Waals surface area contributed by atoms with Crippen LogP contribution in [0.4, 0.5) is 5.69 Å². The first kappa shape index (κ1) is 20.4. The molecule has 156 valence electrons. The smallest absolute Gasteiger partial charge is 0.253 e. The Balaban J connectivity index is 1.46. The van der Waals surface area contributed by atoms with Crippen molar-refractivity contribution in [3.63, 3.8) is 0 Å². The number of benzene rings is 1. The number of piperazine rings is 1. The van der Waals surface area contributed by atoms with E-state index in [4.69, 9.17) is 0 Å². The van der Waals surface area contributed by atoms with Gasteiger partial charge < -0.3 is 9.80 Å². The Kier molecular flexibility index (Phi) is 5.46. The van der Waals surface area contributed by atoms with E-state index in [1.807, 2.05) is 47.7 Å². The summed E-state index contributed by atoms with van der Waals surface area (Å²) in [6, 6.07) is 7.37. The molecule has 2 aliphatic heterocycles. The summed E-state index contributed by atoms with van der Waals surface area (Å²) in [5.74, 6) is 0.462. The lowest BCUT2D eigenvalue weighted by Crippen LogP contribution is -2.49. The summed E-state index contributed by atoms with van der Waals surface area (Å²) in [4.78, 5) is 16.9. The van der Waals surface area contributed by atoms with E-state index in [0.29, 0.717) is 25.1 Å². The van der Waals surface area contributed by atoms with Gasteiger partial charge in [-0.15, -0.1) is 0 Å². The highest BCUT2D eigenvalue weighted by Gasteiger charge is 2.33. The summed E-state index contributed by atoms with van der Waals surface area (Å²) in [7, 11) is -2.96. The standard InChI is InChI=1S/C20H25BrN4O3S/c1-14-19(15(2)25(22-14)18-7-12-29(27,28)13-18)23-8-10-24(11-9-23)20(26)16-3-5-17(21)6-4-16/h3-6,18H,7-13H2,1-2H3. The van der Waals surface area contributed by atoms with Crippen LogP contribution in [0.15, 0.2) is 28.7 Å². The first-order chi connectivity index (χ1) is 13.7. The molecule has 1 atom stereocenters. The molecule has 2 aromatic rings. The fourth-order valence-corrected chi connectivity index (χ4v) is 6.30. The van der Waals surface area contributed by atoms with Crippen LogP contribution in [-0.4, -0.2) is 66.7 Å². The molecule has 0 spiro atoms. The SMILES string of the molecule is Cc1nn(C2CCS(=O)(=O)C2)c(C)c1N1CCN(C(=O)c2ccc(Br)cc2)CC1. The molecule has 2 saturated heterocycles. The Bertz CT molecular complexity index is 1020. The van der Waals surface area contributed by atoms with Crippen LogP contribution in [-0.2, 0) is 9.84 Å². The number of carbonyl (C=O) groups is 1. The largest absolute Gasteiger partial charge is 0.365 e. The average molecular weight is 481 g/mol. The maximum absolute atomic E-state index is 12.7. The number of hydrogen-bond acceptors (Lipinski definition) is 5. The number of aromatic nitrogens is 2. The number of anilines is 1. The summed E-state index contributed by atoms with van der Waals surface area (Å²) >= 11 is 3.40. The van der Waals surface area contributed by atoms with Crippen molar-refractivity contribution < 1.29 is 13.2 Å². The van der Waals surface area contributed by atoms with Gasteiger partial charge in [-0.25, -0.2) is 8.42 Å². The second kappa shape index (κ2) is 7.75. The number of aryl methyl sites for hydroxylation is 1. The first-order valence-corrected chi connectivity index (χ1v) is 12.4. The second-order valence-corrected chi connectivity index (χ2v) is 11.0. The molecule has 0 radical (unpaired) electrons. The van der Waals surface area contributed by atoms with Gasteiger partial charge in [0, 0.05) is 36.2 Å². The fraction of sp³-hybridized carbons (Fsp3) is 0.500. The monoisotopic (exact) mass is 480 g/mol. The quantitative estimate of drug-likeness (QED) is 0.674. The highest BCUT2D eigenvalue weighted by Crippen LogP contribution is 2.31. The molecule has 29 heavy (non-hydrogen) atoms. The maximum Gasteiger partial charge on any atom is 0.253 e. The Morgan fingerprint density at radius 3 is 2.34 bits per heavy atom. The van der Waals surface area contributed by atoms with Crippen LogP contribution >= 0.6 is 15.9 Å². The second-order valence-electron chi connectivity index (χ2n) is 7.81. The molecule has 0 aliphatic carbocycles. The Morgan fingerprint density at radius 2 is 1.76 bits per heavy atom. The van der Waals surface area contributed by atoms with E-state index >= 15 is 0 Å². The van der Waals surface area contributed by atoms with Gasteiger partial charge in [0.15, 0.2) is 9.84 Å². The van der Waals surface area contributed by atoms with Crippen LogP contribution < -0.4 is 4.90 Å². The molecule has 1 amide bonds. The van der Waals surface area contributed by atoms with E-state index in [1.165, 1.54) is 0 Å².